The number of nitrogens with one attached hydrogen (secondary N) is 2. The number of H-pyrrole nitrogens is 2. The molecular formula is C20H14ClN7O3. The summed E-state index contributed by atoms with van der Waals surface area (Å²) in [5.74, 6) is 0.289. The Morgan fingerprint density at radius 1 is 1.35 bits per heavy atom. The second-order valence-electron chi connectivity index (χ2n) is 6.99. The highest BCUT2D eigenvalue weighted by Gasteiger charge is 2.20. The summed E-state index contributed by atoms with van der Waals surface area (Å²) in [6.45, 7) is 0. The molecular weight excluding hydrogens is 422 g/mol. The molecule has 1 aliphatic carbocycles. The Morgan fingerprint density at radius 3 is 2.87 bits per heavy atom. The van der Waals surface area contributed by atoms with Gasteiger partial charge >= 0.3 is 5.69 Å². The number of nitriles is 1. The molecule has 10 nitrogen and oxygen atoms in total. The monoisotopic (exact) mass is 435 g/mol. The molecule has 4 aromatic rings. The first-order chi connectivity index (χ1) is 15.0. The van der Waals surface area contributed by atoms with Gasteiger partial charge in [0.05, 0.1) is 28.9 Å². The fourth-order valence-corrected chi connectivity index (χ4v) is 3.21. The maximum atomic E-state index is 11.4. The predicted molar refractivity (Wildman–Crippen MR) is 110 cm³/mol. The van der Waals surface area contributed by atoms with E-state index in [0.717, 1.165) is 12.8 Å². The van der Waals surface area contributed by atoms with Crippen LogP contribution in [0.15, 0.2) is 40.2 Å². The first kappa shape index (κ1) is 18.9. The summed E-state index contributed by atoms with van der Waals surface area (Å²) in [7, 11) is 0. The molecule has 1 fully saturated rings. The van der Waals surface area contributed by atoms with Crippen LogP contribution in [0.2, 0.25) is 5.02 Å². The molecule has 0 saturated heterocycles. The predicted octanol–water partition coefficient (Wildman–Crippen LogP) is 1.38. The van der Waals surface area contributed by atoms with Gasteiger partial charge in [0, 0.05) is 11.3 Å². The van der Waals surface area contributed by atoms with Crippen molar-refractivity contribution < 1.29 is 9.84 Å². The lowest BCUT2D eigenvalue weighted by atomic mass is 10.2. The van der Waals surface area contributed by atoms with E-state index in [1.54, 1.807) is 35.0 Å². The minimum atomic E-state index is -0.530. The standard InChI is InChI=1S/C20H14ClN7O3/c21-13-5-10(8-22)1-4-15(13)31-17-7-16(24-12-2-3-12)28-18(26-17)11(9-23-28)6-14-19(29)27-20(30)25-14/h1,4-7,9,12,29H,2-3H2,(H2,25,27,30). The van der Waals surface area contributed by atoms with Crippen molar-refractivity contribution >= 4 is 23.3 Å². The molecule has 31 heavy (non-hydrogen) atoms. The Labute approximate surface area is 178 Å². The zero-order valence-corrected chi connectivity index (χ0v) is 16.6. The highest BCUT2D eigenvalue weighted by atomic mass is 35.5. The second kappa shape index (κ2) is 7.30. The van der Waals surface area contributed by atoms with Crippen LogP contribution >= 0.6 is 11.6 Å². The van der Waals surface area contributed by atoms with Crippen molar-refractivity contribution in [1.82, 2.24) is 24.6 Å². The number of ether oxygens (including phenoxy) is 1. The summed E-state index contributed by atoms with van der Waals surface area (Å²) in [4.78, 5) is 25.4. The molecule has 11 heteroatoms. The maximum Gasteiger partial charge on any atom is 0.326 e. The molecule has 0 aliphatic heterocycles. The van der Waals surface area contributed by atoms with Crippen molar-refractivity contribution in [1.29, 1.82) is 5.26 Å². The van der Waals surface area contributed by atoms with Crippen LogP contribution in [0.4, 0.5) is 0 Å². The fraction of sp³-hybridized carbons (Fsp3) is 0.150. The third-order valence-electron chi connectivity index (χ3n) is 4.63. The highest BCUT2D eigenvalue weighted by Crippen LogP contribution is 2.29. The van der Waals surface area contributed by atoms with E-state index in [2.05, 4.69) is 25.0 Å². The fourth-order valence-electron chi connectivity index (χ4n) is 2.99. The molecule has 1 aromatic carbocycles. The highest BCUT2D eigenvalue weighted by molar-refractivity contribution is 6.32. The molecule has 0 radical (unpaired) electrons. The molecule has 1 saturated carbocycles. The third-order valence-corrected chi connectivity index (χ3v) is 4.92. The molecule has 0 bridgehead atoms. The maximum absolute atomic E-state index is 11.4. The van der Waals surface area contributed by atoms with Gasteiger partial charge in [-0.05, 0) is 37.1 Å². The first-order valence-corrected chi connectivity index (χ1v) is 9.71. The van der Waals surface area contributed by atoms with Crippen LogP contribution in [0.1, 0.15) is 24.1 Å². The molecule has 0 unspecified atom stereocenters. The molecule has 154 valence electrons. The van der Waals surface area contributed by atoms with Crippen molar-refractivity contribution in [2.45, 2.75) is 18.9 Å². The van der Waals surface area contributed by atoms with Gasteiger partial charge in [0.2, 0.25) is 11.8 Å². The van der Waals surface area contributed by atoms with Crippen LogP contribution in [-0.2, 0) is 0 Å². The van der Waals surface area contributed by atoms with Gasteiger partial charge in [-0.25, -0.2) is 4.79 Å². The summed E-state index contributed by atoms with van der Waals surface area (Å²) in [6.07, 6.45) is 5.10. The Hall–Kier alpha value is -4.10. The number of halogens is 1. The van der Waals surface area contributed by atoms with E-state index < -0.39 is 5.69 Å². The van der Waals surface area contributed by atoms with Crippen LogP contribution in [0.3, 0.4) is 0 Å². The number of hydrogen-bond donors (Lipinski definition) is 3. The van der Waals surface area contributed by atoms with E-state index in [1.165, 1.54) is 6.07 Å². The van der Waals surface area contributed by atoms with Gasteiger partial charge in [-0.1, -0.05) is 11.6 Å². The quantitative estimate of drug-likeness (QED) is 0.441. The van der Waals surface area contributed by atoms with E-state index in [9.17, 15) is 9.90 Å². The zero-order chi connectivity index (χ0) is 21.5. The molecule has 0 spiro atoms. The lowest BCUT2D eigenvalue weighted by molar-refractivity contribution is 0.454. The van der Waals surface area contributed by atoms with Crippen LogP contribution < -0.4 is 21.1 Å². The molecule has 3 N–H and O–H groups in total. The first-order valence-electron chi connectivity index (χ1n) is 9.33. The van der Waals surface area contributed by atoms with Gasteiger partial charge < -0.3 is 14.8 Å². The van der Waals surface area contributed by atoms with Crippen molar-refractivity contribution in [3.63, 3.8) is 0 Å². The Bertz CT molecular complexity index is 1540. The number of hydrogen-bond acceptors (Lipinski definition) is 7. The largest absolute Gasteiger partial charge is 0.493 e. The minimum Gasteiger partial charge on any atom is -0.493 e. The summed E-state index contributed by atoms with van der Waals surface area (Å²) < 4.78 is 7.45. The van der Waals surface area contributed by atoms with Crippen molar-refractivity contribution in [2.24, 2.45) is 4.99 Å². The summed E-state index contributed by atoms with van der Waals surface area (Å²) >= 11 is 6.23. The van der Waals surface area contributed by atoms with Gasteiger partial charge in [0.25, 0.3) is 0 Å². The number of aromatic nitrogens is 5. The number of aromatic amines is 2. The smallest absolute Gasteiger partial charge is 0.326 e. The van der Waals surface area contributed by atoms with Crippen molar-refractivity contribution in [2.75, 3.05) is 0 Å². The lowest BCUT2D eigenvalue weighted by Gasteiger charge is -2.07. The zero-order valence-electron chi connectivity index (χ0n) is 15.8. The third kappa shape index (κ3) is 3.74. The van der Waals surface area contributed by atoms with Crippen LogP contribution in [0, 0.1) is 11.3 Å². The SMILES string of the molecule is N#Cc1ccc(Oc2cc(=NC3CC3)n3ncc(=Cc4[nH]c(=O)[nH]c4O)c3n2)c(Cl)c1. The topological polar surface area (TPSA) is 144 Å². The molecule has 1 aliphatic rings. The van der Waals surface area contributed by atoms with E-state index >= 15 is 0 Å². The Balaban J connectivity index is 1.66. The number of imidazole rings is 1. The number of rotatable bonds is 4. The number of benzene rings is 1. The van der Waals surface area contributed by atoms with Crippen molar-refractivity contribution in [3.05, 3.63) is 67.9 Å². The Kier molecular flexibility index (Phi) is 4.45. The number of fused-ring (bicyclic) bond motifs is 1. The summed E-state index contributed by atoms with van der Waals surface area (Å²) in [5.41, 5.74) is 1.06. The van der Waals surface area contributed by atoms with Gasteiger partial charge in [0.1, 0.15) is 11.4 Å². The molecule has 5 rings (SSSR count). The average molecular weight is 436 g/mol. The van der Waals surface area contributed by atoms with Gasteiger partial charge in [-0.15, -0.1) is 0 Å². The number of aromatic hydroxyl groups is 1. The molecule has 0 amide bonds. The lowest BCUT2D eigenvalue weighted by Crippen LogP contribution is -2.19. The molecule has 3 heterocycles. The molecule has 3 aromatic heterocycles. The van der Waals surface area contributed by atoms with Crippen LogP contribution in [0.25, 0.3) is 11.7 Å². The van der Waals surface area contributed by atoms with E-state index in [4.69, 9.17) is 21.6 Å². The van der Waals surface area contributed by atoms with Gasteiger partial charge in [-0.2, -0.15) is 19.9 Å². The normalized spacial score (nSPS) is 14.8. The Morgan fingerprint density at radius 2 is 2.19 bits per heavy atom. The van der Waals surface area contributed by atoms with E-state index in [1.807, 2.05) is 6.07 Å². The van der Waals surface area contributed by atoms with Crippen LogP contribution in [0.5, 0.6) is 17.5 Å². The average Bonchev–Trinajstić information content (AvgIpc) is 3.38. The summed E-state index contributed by atoms with van der Waals surface area (Å²) in [6, 6.07) is 8.60. The number of nitrogens with zero attached hydrogens (tertiary/aromatic N) is 5. The van der Waals surface area contributed by atoms with E-state index in [-0.39, 0.29) is 28.5 Å². The summed E-state index contributed by atoms with van der Waals surface area (Å²) in [5, 5.41) is 24.0. The van der Waals surface area contributed by atoms with Gasteiger partial charge in [-0.3, -0.25) is 9.98 Å². The van der Waals surface area contributed by atoms with Crippen LogP contribution in [-0.4, -0.2) is 35.7 Å². The van der Waals surface area contributed by atoms with E-state index in [0.29, 0.717) is 27.7 Å². The van der Waals surface area contributed by atoms with Gasteiger partial charge in [0.15, 0.2) is 11.1 Å². The minimum absolute atomic E-state index is 0.198. The van der Waals surface area contributed by atoms with Crippen molar-refractivity contribution in [3.8, 4) is 23.6 Å². The second-order valence-corrected chi connectivity index (χ2v) is 7.40. The molecule has 0 atom stereocenters.